The fourth-order valence-corrected chi connectivity index (χ4v) is 7.06. The van der Waals surface area contributed by atoms with E-state index in [-0.39, 0.29) is 35.1 Å². The number of carbonyl (C=O) groups is 3. The number of fused-ring (bicyclic) bond motifs is 2. The van der Waals surface area contributed by atoms with Crippen LogP contribution in [0.1, 0.15) is 63.4 Å². The number of hydrogen-bond donors (Lipinski definition) is 0. The SMILES string of the molecule is CC(C)C1N(C(=O)CC(C)(C)C)CC[C@]12C(=O)N(c1cccc(-c3ccc(C(=O)N(C)C)c(Cl)c3)c1)c1ccccc12. The third kappa shape index (κ3) is 5.00. The molecule has 42 heavy (non-hydrogen) atoms. The number of rotatable bonds is 5. The van der Waals surface area contributed by atoms with Gasteiger partial charge in [0.25, 0.3) is 5.91 Å². The predicted octanol–water partition coefficient (Wildman–Crippen LogP) is 7.32. The van der Waals surface area contributed by atoms with Crippen molar-refractivity contribution < 1.29 is 14.4 Å². The molecular formula is C35H40ClN3O3. The van der Waals surface area contributed by atoms with Crippen molar-refractivity contribution in [3.8, 4) is 11.1 Å². The van der Waals surface area contributed by atoms with Crippen LogP contribution in [-0.4, -0.2) is 54.2 Å². The van der Waals surface area contributed by atoms with Crippen LogP contribution < -0.4 is 4.90 Å². The highest BCUT2D eigenvalue weighted by molar-refractivity contribution is 6.34. The molecule has 2 aliphatic rings. The van der Waals surface area contributed by atoms with Crippen LogP contribution in [0.15, 0.2) is 66.7 Å². The van der Waals surface area contributed by atoms with Crippen LogP contribution in [0, 0.1) is 11.3 Å². The monoisotopic (exact) mass is 585 g/mol. The maximum absolute atomic E-state index is 14.8. The number of benzene rings is 3. The number of hydrogen-bond acceptors (Lipinski definition) is 3. The van der Waals surface area contributed by atoms with Gasteiger partial charge in [0, 0.05) is 32.7 Å². The second-order valence-corrected chi connectivity index (χ2v) is 13.7. The summed E-state index contributed by atoms with van der Waals surface area (Å²) < 4.78 is 0. The highest BCUT2D eigenvalue weighted by Crippen LogP contribution is 2.55. The largest absolute Gasteiger partial charge is 0.345 e. The third-order valence-corrected chi connectivity index (χ3v) is 8.79. The Balaban J connectivity index is 1.56. The molecule has 2 atom stereocenters. The molecule has 2 heterocycles. The number of nitrogens with zero attached hydrogens (tertiary/aromatic N) is 3. The average molecular weight is 586 g/mol. The zero-order valence-electron chi connectivity index (χ0n) is 25.6. The van der Waals surface area contributed by atoms with E-state index < -0.39 is 5.41 Å². The number of likely N-dealkylation sites (tertiary alicyclic amines) is 1. The van der Waals surface area contributed by atoms with Crippen LogP contribution in [0.25, 0.3) is 11.1 Å². The normalized spacial score (nSPS) is 20.0. The summed E-state index contributed by atoms with van der Waals surface area (Å²) in [5.74, 6) is 0.0499. The molecule has 0 radical (unpaired) electrons. The van der Waals surface area contributed by atoms with Gasteiger partial charge in [0.2, 0.25) is 11.8 Å². The first-order valence-corrected chi connectivity index (χ1v) is 15.0. The van der Waals surface area contributed by atoms with Gasteiger partial charge < -0.3 is 9.80 Å². The van der Waals surface area contributed by atoms with E-state index >= 15 is 0 Å². The summed E-state index contributed by atoms with van der Waals surface area (Å²) >= 11 is 6.54. The molecule has 7 heteroatoms. The van der Waals surface area contributed by atoms with E-state index in [1.54, 1.807) is 26.2 Å². The maximum atomic E-state index is 14.8. The van der Waals surface area contributed by atoms with Crippen LogP contribution in [0.4, 0.5) is 11.4 Å². The Morgan fingerprint density at radius 1 is 1.00 bits per heavy atom. The fourth-order valence-electron chi connectivity index (χ4n) is 6.80. The second-order valence-electron chi connectivity index (χ2n) is 13.3. The van der Waals surface area contributed by atoms with Gasteiger partial charge in [-0.25, -0.2) is 0 Å². The summed E-state index contributed by atoms with van der Waals surface area (Å²) in [6.07, 6.45) is 1.03. The molecule has 1 saturated heterocycles. The molecule has 2 aliphatic heterocycles. The van der Waals surface area contributed by atoms with Crippen molar-refractivity contribution in [3.05, 3.63) is 82.9 Å². The van der Waals surface area contributed by atoms with E-state index in [9.17, 15) is 14.4 Å². The van der Waals surface area contributed by atoms with Crippen molar-refractivity contribution in [2.75, 3.05) is 25.5 Å². The molecule has 1 fully saturated rings. The van der Waals surface area contributed by atoms with Gasteiger partial charge in [0.15, 0.2) is 0 Å². The summed E-state index contributed by atoms with van der Waals surface area (Å²) in [5.41, 5.74) is 3.84. The van der Waals surface area contributed by atoms with Crippen molar-refractivity contribution in [1.82, 2.24) is 9.80 Å². The number of amides is 3. The minimum absolute atomic E-state index is 0.00979. The van der Waals surface area contributed by atoms with E-state index in [1.807, 2.05) is 58.3 Å². The lowest BCUT2D eigenvalue weighted by atomic mass is 9.71. The van der Waals surface area contributed by atoms with Gasteiger partial charge in [-0.2, -0.15) is 0 Å². The summed E-state index contributed by atoms with van der Waals surface area (Å²) in [6.45, 7) is 11.0. The van der Waals surface area contributed by atoms with Crippen LogP contribution in [-0.2, 0) is 15.0 Å². The number of para-hydroxylation sites is 1. The molecule has 0 bridgehead atoms. The van der Waals surface area contributed by atoms with Gasteiger partial charge in [0.05, 0.1) is 27.7 Å². The molecule has 3 aromatic carbocycles. The lowest BCUT2D eigenvalue weighted by molar-refractivity contribution is -0.136. The molecule has 0 N–H and O–H groups in total. The molecule has 220 valence electrons. The Labute approximate surface area is 254 Å². The number of anilines is 2. The first-order chi connectivity index (χ1) is 19.8. The van der Waals surface area contributed by atoms with Gasteiger partial charge in [-0.05, 0) is 64.8 Å². The van der Waals surface area contributed by atoms with Crippen molar-refractivity contribution in [1.29, 1.82) is 0 Å². The predicted molar refractivity (Wildman–Crippen MR) is 169 cm³/mol. The zero-order chi connectivity index (χ0) is 30.6. The molecule has 5 rings (SSSR count). The summed E-state index contributed by atoms with van der Waals surface area (Å²) in [6, 6.07) is 21.1. The number of carbonyl (C=O) groups excluding carboxylic acids is 3. The molecule has 1 spiro atoms. The molecule has 0 saturated carbocycles. The molecule has 3 amide bonds. The summed E-state index contributed by atoms with van der Waals surface area (Å²) in [5, 5.41) is 0.379. The Bertz CT molecular complexity index is 1560. The van der Waals surface area contributed by atoms with E-state index in [0.29, 0.717) is 30.0 Å². The quantitative estimate of drug-likeness (QED) is 0.315. The summed E-state index contributed by atoms with van der Waals surface area (Å²) in [7, 11) is 3.39. The van der Waals surface area contributed by atoms with Crippen LogP contribution in [0.3, 0.4) is 0 Å². The topological polar surface area (TPSA) is 60.9 Å². The second kappa shape index (κ2) is 10.9. The minimum Gasteiger partial charge on any atom is -0.345 e. The maximum Gasteiger partial charge on any atom is 0.254 e. The Morgan fingerprint density at radius 2 is 1.69 bits per heavy atom. The van der Waals surface area contributed by atoms with Crippen molar-refractivity contribution >= 4 is 40.7 Å². The van der Waals surface area contributed by atoms with Crippen molar-refractivity contribution in [3.63, 3.8) is 0 Å². The Morgan fingerprint density at radius 3 is 2.33 bits per heavy atom. The minimum atomic E-state index is -0.814. The first-order valence-electron chi connectivity index (χ1n) is 14.6. The Hall–Kier alpha value is -3.64. The highest BCUT2D eigenvalue weighted by atomic mass is 35.5. The highest BCUT2D eigenvalue weighted by Gasteiger charge is 2.62. The van der Waals surface area contributed by atoms with E-state index in [0.717, 1.165) is 28.1 Å². The Kier molecular flexibility index (Phi) is 7.73. The molecular weight excluding hydrogens is 546 g/mol. The first kappa shape index (κ1) is 29.8. The standard InChI is InChI=1S/C35H40ClN3O3/c1-22(2)31-35(17-18-38(31)30(40)21-34(3,4)5)27-13-8-9-14-29(27)39(33(35)42)25-12-10-11-23(19-25)24-15-16-26(28(36)20-24)32(41)37(6)7/h8-16,19-20,22,31H,17-18,21H2,1-7H3/t31?,35-/m1/s1. The molecule has 0 aliphatic carbocycles. The van der Waals surface area contributed by atoms with Gasteiger partial charge in [-0.1, -0.05) is 82.6 Å². The molecule has 1 unspecified atom stereocenters. The van der Waals surface area contributed by atoms with E-state index in [2.05, 4.69) is 40.7 Å². The molecule has 6 nitrogen and oxygen atoms in total. The van der Waals surface area contributed by atoms with Crippen LogP contribution in [0.5, 0.6) is 0 Å². The zero-order valence-corrected chi connectivity index (χ0v) is 26.3. The van der Waals surface area contributed by atoms with Gasteiger partial charge in [0.1, 0.15) is 0 Å². The van der Waals surface area contributed by atoms with Crippen molar-refractivity contribution in [2.24, 2.45) is 11.3 Å². The fraction of sp³-hybridized carbons (Fsp3) is 0.400. The lowest BCUT2D eigenvalue weighted by Gasteiger charge is -2.38. The lowest BCUT2D eigenvalue weighted by Crippen LogP contribution is -2.53. The van der Waals surface area contributed by atoms with Gasteiger partial charge >= 0.3 is 0 Å². The van der Waals surface area contributed by atoms with Crippen LogP contribution in [0.2, 0.25) is 5.02 Å². The van der Waals surface area contributed by atoms with E-state index in [4.69, 9.17) is 11.6 Å². The van der Waals surface area contributed by atoms with E-state index in [1.165, 1.54) is 4.90 Å². The molecule has 0 aromatic heterocycles. The molecule has 3 aromatic rings. The third-order valence-electron chi connectivity index (χ3n) is 8.47. The van der Waals surface area contributed by atoms with Gasteiger partial charge in [-0.3, -0.25) is 19.3 Å². The van der Waals surface area contributed by atoms with Crippen LogP contribution >= 0.6 is 11.6 Å². The van der Waals surface area contributed by atoms with Crippen molar-refractivity contribution in [2.45, 2.75) is 58.9 Å². The number of halogens is 1. The van der Waals surface area contributed by atoms with Gasteiger partial charge in [-0.15, -0.1) is 0 Å². The average Bonchev–Trinajstić information content (AvgIpc) is 3.45. The smallest absolute Gasteiger partial charge is 0.254 e. The summed E-state index contributed by atoms with van der Waals surface area (Å²) in [4.78, 5) is 46.2.